The van der Waals surface area contributed by atoms with Crippen LogP contribution < -0.4 is 20.3 Å². The Morgan fingerprint density at radius 1 is 1.07 bits per heavy atom. The smallest absolute Gasteiger partial charge is 0.269 e. The first-order chi connectivity index (χ1) is 13.0. The molecule has 0 saturated carbocycles. The topological polar surface area (TPSA) is 76.7 Å². The van der Waals surface area contributed by atoms with Crippen molar-refractivity contribution in [3.8, 4) is 11.5 Å². The van der Waals surface area contributed by atoms with Crippen LogP contribution in [0.5, 0.6) is 11.5 Å². The highest BCUT2D eigenvalue weighted by atomic mass is 35.5. The Morgan fingerprint density at radius 3 is 2.30 bits per heavy atom. The molecule has 27 heavy (non-hydrogen) atoms. The van der Waals surface area contributed by atoms with Crippen LogP contribution in [0.1, 0.15) is 40.5 Å². The van der Waals surface area contributed by atoms with Gasteiger partial charge in [0.15, 0.2) is 11.5 Å². The van der Waals surface area contributed by atoms with Crippen molar-refractivity contribution in [3.63, 3.8) is 0 Å². The van der Waals surface area contributed by atoms with Crippen LogP contribution in [0, 0.1) is 5.82 Å². The zero-order chi connectivity index (χ0) is 19.8. The molecule has 0 radical (unpaired) electrons. The van der Waals surface area contributed by atoms with Gasteiger partial charge in [0.25, 0.3) is 11.8 Å². The van der Waals surface area contributed by atoms with Gasteiger partial charge in [-0.2, -0.15) is 0 Å². The molecule has 0 aliphatic carbocycles. The van der Waals surface area contributed by atoms with Crippen LogP contribution in [0.4, 0.5) is 4.39 Å². The molecule has 0 spiro atoms. The van der Waals surface area contributed by atoms with Gasteiger partial charge in [0.05, 0.1) is 18.7 Å². The van der Waals surface area contributed by atoms with Gasteiger partial charge in [0.2, 0.25) is 0 Å². The molecule has 0 aliphatic rings. The van der Waals surface area contributed by atoms with Crippen molar-refractivity contribution >= 4 is 23.4 Å². The maximum Gasteiger partial charge on any atom is 0.269 e. The van der Waals surface area contributed by atoms with Crippen LogP contribution in [-0.2, 0) is 0 Å². The summed E-state index contributed by atoms with van der Waals surface area (Å²) in [4.78, 5) is 24.2. The lowest BCUT2D eigenvalue weighted by Crippen LogP contribution is -2.41. The van der Waals surface area contributed by atoms with Crippen LogP contribution in [0.25, 0.3) is 0 Å². The Bertz CT molecular complexity index is 812. The molecule has 2 rings (SSSR count). The standard InChI is InChI=1S/C19H20ClFN2O4/c1-3-4-9-27-17-15(20)10-13(11-16(17)26-2)19(25)23-22-18(24)12-5-7-14(21)8-6-12/h5-8,10-11H,3-4,9H2,1-2H3,(H,22,24)(H,23,25). The number of amides is 2. The van der Waals surface area contributed by atoms with Gasteiger partial charge in [-0.15, -0.1) is 0 Å². The van der Waals surface area contributed by atoms with Gasteiger partial charge < -0.3 is 9.47 Å². The number of nitrogens with one attached hydrogen (secondary N) is 2. The molecule has 2 amide bonds. The molecule has 2 N–H and O–H groups in total. The van der Waals surface area contributed by atoms with E-state index in [9.17, 15) is 14.0 Å². The Kier molecular flexibility index (Phi) is 7.43. The lowest BCUT2D eigenvalue weighted by Gasteiger charge is -2.14. The summed E-state index contributed by atoms with van der Waals surface area (Å²) in [6.07, 6.45) is 1.82. The molecule has 0 heterocycles. The van der Waals surface area contributed by atoms with E-state index in [4.69, 9.17) is 21.1 Å². The van der Waals surface area contributed by atoms with Crippen molar-refractivity contribution in [3.05, 3.63) is 58.4 Å². The highest BCUT2D eigenvalue weighted by molar-refractivity contribution is 6.32. The fraction of sp³-hybridized carbons (Fsp3) is 0.263. The van der Waals surface area contributed by atoms with E-state index in [0.29, 0.717) is 18.1 Å². The molecular weight excluding hydrogens is 375 g/mol. The van der Waals surface area contributed by atoms with Crippen LogP contribution in [0.2, 0.25) is 5.02 Å². The number of halogens is 2. The normalized spacial score (nSPS) is 10.2. The summed E-state index contributed by atoms with van der Waals surface area (Å²) in [6.45, 7) is 2.52. The SMILES string of the molecule is CCCCOc1c(Cl)cc(C(=O)NNC(=O)c2ccc(F)cc2)cc1OC. The van der Waals surface area contributed by atoms with Gasteiger partial charge >= 0.3 is 0 Å². The fourth-order valence-electron chi connectivity index (χ4n) is 2.17. The number of hydrogen-bond donors (Lipinski definition) is 2. The van der Waals surface area contributed by atoms with E-state index < -0.39 is 17.6 Å². The number of benzene rings is 2. The molecule has 0 saturated heterocycles. The van der Waals surface area contributed by atoms with Crippen LogP contribution in [0.15, 0.2) is 36.4 Å². The Balaban J connectivity index is 2.06. The number of ether oxygens (including phenoxy) is 2. The molecule has 2 aromatic rings. The maximum atomic E-state index is 12.9. The molecule has 0 unspecified atom stereocenters. The zero-order valence-electron chi connectivity index (χ0n) is 15.0. The molecular formula is C19H20ClFN2O4. The first kappa shape index (κ1) is 20.5. The second-order valence-electron chi connectivity index (χ2n) is 5.61. The Hall–Kier alpha value is -2.80. The van der Waals surface area contributed by atoms with Gasteiger partial charge in [-0.05, 0) is 42.8 Å². The zero-order valence-corrected chi connectivity index (χ0v) is 15.7. The Morgan fingerprint density at radius 2 is 1.70 bits per heavy atom. The van der Waals surface area contributed by atoms with Crippen molar-refractivity contribution < 1.29 is 23.5 Å². The first-order valence-corrected chi connectivity index (χ1v) is 8.70. The van der Waals surface area contributed by atoms with Crippen molar-refractivity contribution in [1.29, 1.82) is 0 Å². The number of carbonyl (C=O) groups excluding carboxylic acids is 2. The molecule has 144 valence electrons. The van der Waals surface area contributed by atoms with Gasteiger partial charge in [0, 0.05) is 11.1 Å². The number of hydrogen-bond acceptors (Lipinski definition) is 4. The monoisotopic (exact) mass is 394 g/mol. The van der Waals surface area contributed by atoms with Gasteiger partial charge in [-0.25, -0.2) is 4.39 Å². The largest absolute Gasteiger partial charge is 0.493 e. The molecule has 0 atom stereocenters. The summed E-state index contributed by atoms with van der Waals surface area (Å²) in [5.74, 6) is -0.960. The highest BCUT2D eigenvalue weighted by Crippen LogP contribution is 2.36. The lowest BCUT2D eigenvalue weighted by atomic mass is 10.2. The first-order valence-electron chi connectivity index (χ1n) is 8.32. The van der Waals surface area contributed by atoms with E-state index in [-0.39, 0.29) is 16.1 Å². The number of unbranched alkanes of at least 4 members (excludes halogenated alkanes) is 1. The molecule has 0 aliphatic heterocycles. The van der Waals surface area contributed by atoms with Crippen molar-refractivity contribution in [2.75, 3.05) is 13.7 Å². The van der Waals surface area contributed by atoms with Gasteiger partial charge in [-0.1, -0.05) is 24.9 Å². The summed E-state index contributed by atoms with van der Waals surface area (Å²) >= 11 is 6.20. The summed E-state index contributed by atoms with van der Waals surface area (Å²) in [6, 6.07) is 7.80. The minimum absolute atomic E-state index is 0.180. The van der Waals surface area contributed by atoms with Crippen LogP contribution in [-0.4, -0.2) is 25.5 Å². The fourth-order valence-corrected chi connectivity index (χ4v) is 2.43. The predicted molar refractivity (Wildman–Crippen MR) is 99.7 cm³/mol. The van der Waals surface area contributed by atoms with Crippen LogP contribution >= 0.6 is 11.6 Å². The third kappa shape index (κ3) is 5.59. The van der Waals surface area contributed by atoms with Crippen molar-refractivity contribution in [2.45, 2.75) is 19.8 Å². The van der Waals surface area contributed by atoms with E-state index in [1.807, 2.05) is 6.92 Å². The molecule has 0 fully saturated rings. The van der Waals surface area contributed by atoms with E-state index in [2.05, 4.69) is 10.9 Å². The maximum absolute atomic E-state index is 12.9. The molecule has 6 nitrogen and oxygen atoms in total. The second kappa shape index (κ2) is 9.78. The average Bonchev–Trinajstić information content (AvgIpc) is 2.67. The summed E-state index contributed by atoms with van der Waals surface area (Å²) in [5.41, 5.74) is 4.91. The van der Waals surface area contributed by atoms with Gasteiger partial charge in [-0.3, -0.25) is 20.4 Å². The number of rotatable bonds is 7. The van der Waals surface area contributed by atoms with Crippen molar-refractivity contribution in [2.24, 2.45) is 0 Å². The summed E-state index contributed by atoms with van der Waals surface area (Å²) in [5, 5.41) is 0.223. The van der Waals surface area contributed by atoms with Crippen LogP contribution in [0.3, 0.4) is 0 Å². The van der Waals surface area contributed by atoms with E-state index in [1.54, 1.807) is 0 Å². The highest BCUT2D eigenvalue weighted by Gasteiger charge is 2.16. The average molecular weight is 395 g/mol. The molecule has 2 aromatic carbocycles. The van der Waals surface area contributed by atoms with E-state index in [0.717, 1.165) is 25.0 Å². The third-order valence-electron chi connectivity index (χ3n) is 3.63. The molecule has 0 aromatic heterocycles. The minimum atomic E-state index is -0.592. The van der Waals surface area contributed by atoms with E-state index >= 15 is 0 Å². The summed E-state index contributed by atoms with van der Waals surface area (Å²) in [7, 11) is 1.44. The molecule has 0 bridgehead atoms. The predicted octanol–water partition coefficient (Wildman–Crippen LogP) is 3.74. The Labute approximate surface area is 161 Å². The minimum Gasteiger partial charge on any atom is -0.493 e. The number of methoxy groups -OCH3 is 1. The molecule has 8 heteroatoms. The number of hydrazine groups is 1. The van der Waals surface area contributed by atoms with E-state index in [1.165, 1.54) is 31.4 Å². The van der Waals surface area contributed by atoms with Gasteiger partial charge in [0.1, 0.15) is 5.82 Å². The third-order valence-corrected chi connectivity index (χ3v) is 3.91. The second-order valence-corrected chi connectivity index (χ2v) is 6.01. The van der Waals surface area contributed by atoms with Crippen molar-refractivity contribution in [1.82, 2.24) is 10.9 Å². The summed E-state index contributed by atoms with van der Waals surface area (Å²) < 4.78 is 23.7. The quantitative estimate of drug-likeness (QED) is 0.554. The number of carbonyl (C=O) groups is 2. The lowest BCUT2D eigenvalue weighted by molar-refractivity contribution is 0.0846.